The van der Waals surface area contributed by atoms with Gasteiger partial charge in [0.15, 0.2) is 0 Å². The van der Waals surface area contributed by atoms with Crippen LogP contribution in [-0.4, -0.2) is 16.4 Å². The molecule has 1 atom stereocenters. The molecule has 0 aliphatic rings. The van der Waals surface area contributed by atoms with Gasteiger partial charge in [-0.1, -0.05) is 37.7 Å². The van der Waals surface area contributed by atoms with Crippen LogP contribution in [0.4, 0.5) is 17.4 Å². The van der Waals surface area contributed by atoms with E-state index in [1.165, 1.54) is 11.8 Å². The monoisotopic (exact) mass is 417 g/mol. The molecule has 0 amide bonds. The molecule has 7 heteroatoms. The third-order valence-corrected chi connectivity index (χ3v) is 5.13. The van der Waals surface area contributed by atoms with Gasteiger partial charge in [-0.15, -0.1) is 5.10 Å². The van der Waals surface area contributed by atoms with Crippen molar-refractivity contribution in [1.29, 1.82) is 5.41 Å². The van der Waals surface area contributed by atoms with Crippen molar-refractivity contribution in [1.82, 2.24) is 10.2 Å². The Bertz CT molecular complexity index is 1120. The molecule has 0 aliphatic heterocycles. The summed E-state index contributed by atoms with van der Waals surface area (Å²) < 4.78 is 11.5. The summed E-state index contributed by atoms with van der Waals surface area (Å²) in [5.74, 6) is 1.37. The van der Waals surface area contributed by atoms with Crippen LogP contribution in [0, 0.1) is 11.3 Å². The number of nitrogen functional groups attached to an aromatic ring is 1. The number of ether oxygens (including phenoxy) is 1. The number of anilines is 3. The van der Waals surface area contributed by atoms with Crippen LogP contribution in [0.25, 0.3) is 17.2 Å². The maximum atomic E-state index is 7.41. The molecule has 0 spiro atoms. The number of hydrogen-bond donors (Lipinski definition) is 3. The van der Waals surface area contributed by atoms with E-state index in [1.54, 1.807) is 24.5 Å². The molecule has 0 fully saturated rings. The van der Waals surface area contributed by atoms with E-state index in [2.05, 4.69) is 42.9 Å². The van der Waals surface area contributed by atoms with Crippen molar-refractivity contribution in [3.63, 3.8) is 0 Å². The first kappa shape index (κ1) is 21.8. The van der Waals surface area contributed by atoms with Crippen molar-refractivity contribution in [3.05, 3.63) is 72.0 Å². The van der Waals surface area contributed by atoms with E-state index < -0.39 is 0 Å². The SMILES string of the molecule is C=C(O/C=C(/C)C(C)CC)c1cccc(-c2nnc(Nc3ccc(N)c(C=N)c3)o2)c1. The summed E-state index contributed by atoms with van der Waals surface area (Å²) in [6.45, 7) is 10.4. The molecule has 3 aromatic rings. The third kappa shape index (κ3) is 5.39. The number of hydrogen-bond acceptors (Lipinski definition) is 7. The summed E-state index contributed by atoms with van der Waals surface area (Å²) in [6, 6.07) is 13.0. The molecule has 7 nitrogen and oxygen atoms in total. The Hall–Kier alpha value is -3.87. The fourth-order valence-electron chi connectivity index (χ4n) is 2.79. The van der Waals surface area contributed by atoms with E-state index in [4.69, 9.17) is 20.3 Å². The van der Waals surface area contributed by atoms with Crippen molar-refractivity contribution in [2.45, 2.75) is 27.2 Å². The van der Waals surface area contributed by atoms with Crippen molar-refractivity contribution in [3.8, 4) is 11.5 Å². The van der Waals surface area contributed by atoms with Gasteiger partial charge in [0.05, 0.1) is 6.26 Å². The largest absolute Gasteiger partial charge is 0.465 e. The van der Waals surface area contributed by atoms with Crippen LogP contribution in [0.1, 0.15) is 38.3 Å². The van der Waals surface area contributed by atoms with Gasteiger partial charge in [0.1, 0.15) is 5.76 Å². The normalized spacial score (nSPS) is 12.3. The Morgan fingerprint density at radius 2 is 2.10 bits per heavy atom. The number of nitrogens with one attached hydrogen (secondary N) is 2. The number of allylic oxidation sites excluding steroid dienone is 1. The lowest BCUT2D eigenvalue weighted by atomic mass is 10.0. The summed E-state index contributed by atoms with van der Waals surface area (Å²) in [5, 5.41) is 18.6. The van der Waals surface area contributed by atoms with E-state index in [0.717, 1.165) is 17.5 Å². The smallest absolute Gasteiger partial charge is 0.320 e. The van der Waals surface area contributed by atoms with Crippen LogP contribution in [-0.2, 0) is 4.74 Å². The van der Waals surface area contributed by atoms with Crippen molar-refractivity contribution in [2.75, 3.05) is 11.1 Å². The summed E-state index contributed by atoms with van der Waals surface area (Å²) >= 11 is 0. The van der Waals surface area contributed by atoms with Gasteiger partial charge in [0.25, 0.3) is 0 Å². The highest BCUT2D eigenvalue weighted by molar-refractivity contribution is 5.87. The molecule has 0 bridgehead atoms. The van der Waals surface area contributed by atoms with E-state index in [1.807, 2.05) is 24.3 Å². The zero-order chi connectivity index (χ0) is 22.4. The zero-order valence-corrected chi connectivity index (χ0v) is 18.0. The molecule has 31 heavy (non-hydrogen) atoms. The lowest BCUT2D eigenvalue weighted by Crippen LogP contribution is -1.96. The molecule has 0 saturated carbocycles. The van der Waals surface area contributed by atoms with Gasteiger partial charge in [0, 0.05) is 34.3 Å². The van der Waals surface area contributed by atoms with Gasteiger partial charge in [-0.05, 0) is 55.2 Å². The maximum absolute atomic E-state index is 7.41. The highest BCUT2D eigenvalue weighted by atomic mass is 16.5. The second-order valence-corrected chi connectivity index (χ2v) is 7.32. The van der Waals surface area contributed by atoms with E-state index >= 15 is 0 Å². The fraction of sp³-hybridized carbons (Fsp3) is 0.208. The summed E-state index contributed by atoms with van der Waals surface area (Å²) in [6.07, 6.45) is 4.01. The highest BCUT2D eigenvalue weighted by Crippen LogP contribution is 2.26. The highest BCUT2D eigenvalue weighted by Gasteiger charge is 2.11. The summed E-state index contributed by atoms with van der Waals surface area (Å²) in [4.78, 5) is 0. The molecule has 0 radical (unpaired) electrons. The van der Waals surface area contributed by atoms with E-state index in [0.29, 0.717) is 34.5 Å². The van der Waals surface area contributed by atoms with Gasteiger partial charge in [-0.2, -0.15) is 0 Å². The first-order valence-electron chi connectivity index (χ1n) is 10.0. The topological polar surface area (TPSA) is 110 Å². The molecule has 160 valence electrons. The van der Waals surface area contributed by atoms with Crippen LogP contribution in [0.2, 0.25) is 0 Å². The average molecular weight is 418 g/mol. The minimum atomic E-state index is 0.239. The fourth-order valence-corrected chi connectivity index (χ4v) is 2.79. The Kier molecular flexibility index (Phi) is 6.87. The van der Waals surface area contributed by atoms with Crippen molar-refractivity contribution >= 4 is 29.4 Å². The number of nitrogens with zero attached hydrogens (tertiary/aromatic N) is 2. The van der Waals surface area contributed by atoms with Crippen LogP contribution in [0.3, 0.4) is 0 Å². The second kappa shape index (κ2) is 9.75. The molecule has 4 N–H and O–H groups in total. The first-order valence-corrected chi connectivity index (χ1v) is 10.0. The lowest BCUT2D eigenvalue weighted by molar-refractivity contribution is 0.423. The summed E-state index contributed by atoms with van der Waals surface area (Å²) in [7, 11) is 0. The number of nitrogens with two attached hydrogens (primary N) is 1. The third-order valence-electron chi connectivity index (χ3n) is 5.13. The second-order valence-electron chi connectivity index (χ2n) is 7.32. The van der Waals surface area contributed by atoms with Gasteiger partial charge in [-0.3, -0.25) is 0 Å². The molecule has 1 heterocycles. The Morgan fingerprint density at radius 3 is 2.84 bits per heavy atom. The Morgan fingerprint density at radius 1 is 1.29 bits per heavy atom. The average Bonchev–Trinajstić information content (AvgIpc) is 3.26. The Balaban J connectivity index is 1.74. The molecule has 1 unspecified atom stereocenters. The first-order chi connectivity index (χ1) is 14.9. The quantitative estimate of drug-likeness (QED) is 0.224. The predicted octanol–water partition coefficient (Wildman–Crippen LogP) is 6.00. The Labute approximate surface area is 182 Å². The molecular weight excluding hydrogens is 390 g/mol. The molecule has 0 aliphatic carbocycles. The minimum Gasteiger partial charge on any atom is -0.465 e. The van der Waals surface area contributed by atoms with Gasteiger partial charge in [-0.25, -0.2) is 0 Å². The lowest BCUT2D eigenvalue weighted by Gasteiger charge is -2.11. The minimum absolute atomic E-state index is 0.239. The predicted molar refractivity (Wildman–Crippen MR) is 125 cm³/mol. The van der Waals surface area contributed by atoms with Gasteiger partial charge in [0.2, 0.25) is 5.89 Å². The molecule has 1 aromatic heterocycles. The number of aromatic nitrogens is 2. The van der Waals surface area contributed by atoms with E-state index in [-0.39, 0.29) is 6.01 Å². The molecule has 2 aromatic carbocycles. The number of rotatable bonds is 9. The maximum Gasteiger partial charge on any atom is 0.320 e. The molecule has 0 saturated heterocycles. The summed E-state index contributed by atoms with van der Waals surface area (Å²) in [5.41, 5.74) is 10.4. The van der Waals surface area contributed by atoms with E-state index in [9.17, 15) is 0 Å². The van der Waals surface area contributed by atoms with Crippen LogP contribution >= 0.6 is 0 Å². The molecule has 3 rings (SSSR count). The van der Waals surface area contributed by atoms with Gasteiger partial charge < -0.3 is 25.6 Å². The van der Waals surface area contributed by atoms with Crippen molar-refractivity contribution < 1.29 is 9.15 Å². The number of benzene rings is 2. The van der Waals surface area contributed by atoms with Crippen LogP contribution < -0.4 is 11.1 Å². The van der Waals surface area contributed by atoms with Crippen LogP contribution in [0.15, 0.2) is 65.3 Å². The standard InChI is InChI=1S/C24H27N5O2/c1-5-15(2)16(3)14-30-17(4)18-7-6-8-19(11-18)23-28-29-24(31-23)27-21-9-10-22(26)20(12-21)13-25/h6-15,25H,4-5,26H2,1-3H3,(H,27,29)/b16-14-,25-13?. The van der Waals surface area contributed by atoms with Crippen LogP contribution in [0.5, 0.6) is 0 Å². The van der Waals surface area contributed by atoms with Crippen molar-refractivity contribution in [2.24, 2.45) is 5.92 Å². The molecular formula is C24H27N5O2. The van der Waals surface area contributed by atoms with Gasteiger partial charge >= 0.3 is 6.01 Å². The zero-order valence-electron chi connectivity index (χ0n) is 18.0.